The molecule has 28 heavy (non-hydrogen) atoms. The predicted octanol–water partition coefficient (Wildman–Crippen LogP) is 2.29. The van der Waals surface area contributed by atoms with Crippen molar-refractivity contribution in [1.82, 2.24) is 10.2 Å². The second kappa shape index (κ2) is 11.8. The highest BCUT2D eigenvalue weighted by Gasteiger charge is 2.27. The van der Waals surface area contributed by atoms with Crippen molar-refractivity contribution in [2.45, 2.75) is 19.4 Å². The van der Waals surface area contributed by atoms with Gasteiger partial charge in [0, 0.05) is 32.2 Å². The Kier molecular flexibility index (Phi) is 10.2. The summed E-state index contributed by atoms with van der Waals surface area (Å²) in [5.74, 6) is 2.43. The number of hydrogen-bond donors (Lipinski definition) is 1. The molecule has 0 aromatic heterocycles. The number of nitrogens with zero attached hydrogens (tertiary/aromatic N) is 2. The quantitative estimate of drug-likeness (QED) is 0.274. The van der Waals surface area contributed by atoms with Crippen LogP contribution in [-0.4, -0.2) is 65.4 Å². The predicted molar refractivity (Wildman–Crippen MR) is 118 cm³/mol. The lowest BCUT2D eigenvalue weighted by molar-refractivity contribution is -0.146. The van der Waals surface area contributed by atoms with Gasteiger partial charge in [-0.15, -0.1) is 24.0 Å². The molecule has 158 valence electrons. The van der Waals surface area contributed by atoms with Crippen LogP contribution in [0.4, 0.5) is 0 Å². The monoisotopic (exact) mass is 507 g/mol. The van der Waals surface area contributed by atoms with Gasteiger partial charge in [-0.1, -0.05) is 0 Å². The van der Waals surface area contributed by atoms with E-state index in [1.807, 2.05) is 12.1 Å². The van der Waals surface area contributed by atoms with Crippen molar-refractivity contribution >= 4 is 35.9 Å². The Morgan fingerprint density at radius 1 is 1.11 bits per heavy atom. The fourth-order valence-corrected chi connectivity index (χ4v) is 3.30. The lowest BCUT2D eigenvalue weighted by atomic mass is 9.97. The molecule has 1 aliphatic rings. The van der Waals surface area contributed by atoms with Gasteiger partial charge in [0.2, 0.25) is 5.75 Å². The molecule has 1 heterocycles. The molecule has 2 rings (SSSR count). The summed E-state index contributed by atoms with van der Waals surface area (Å²) in [6.07, 6.45) is 1.51. The first kappa shape index (κ1) is 24.1. The van der Waals surface area contributed by atoms with Crippen molar-refractivity contribution in [1.29, 1.82) is 0 Å². The third kappa shape index (κ3) is 5.55. The summed E-state index contributed by atoms with van der Waals surface area (Å²) in [5, 5.41) is 3.36. The third-order valence-electron chi connectivity index (χ3n) is 4.76. The number of benzene rings is 1. The summed E-state index contributed by atoms with van der Waals surface area (Å²) in [7, 11) is 7.97. The standard InChI is InChI=1S/C19H29N3O5.HI/c1-20-19(22-10-8-13(9-11-22)18(23)27-5)21-12-14-6-7-15(24-2)17(26-4)16(14)25-3;/h6-7,13H,8-12H2,1-5H3,(H,20,21);1H. The van der Waals surface area contributed by atoms with Gasteiger partial charge >= 0.3 is 5.97 Å². The summed E-state index contributed by atoms with van der Waals surface area (Å²) in [5.41, 5.74) is 0.931. The maximum atomic E-state index is 11.7. The Morgan fingerprint density at radius 2 is 1.75 bits per heavy atom. The first-order chi connectivity index (χ1) is 13.1. The van der Waals surface area contributed by atoms with Crippen molar-refractivity contribution in [2.24, 2.45) is 10.9 Å². The lowest BCUT2D eigenvalue weighted by Gasteiger charge is -2.33. The Balaban J connectivity index is 0.00000392. The summed E-state index contributed by atoms with van der Waals surface area (Å²) in [4.78, 5) is 18.2. The van der Waals surface area contributed by atoms with Gasteiger partial charge in [-0.25, -0.2) is 0 Å². The molecular weight excluding hydrogens is 477 g/mol. The zero-order valence-corrected chi connectivity index (χ0v) is 19.4. The fraction of sp³-hybridized carbons (Fsp3) is 0.579. The summed E-state index contributed by atoms with van der Waals surface area (Å²) in [6, 6.07) is 3.78. The second-order valence-corrected chi connectivity index (χ2v) is 6.18. The van der Waals surface area contributed by atoms with Gasteiger partial charge in [-0.3, -0.25) is 9.79 Å². The number of aliphatic imine (C=N–C) groups is 1. The number of rotatable bonds is 6. The normalized spacial score (nSPS) is 14.8. The molecule has 1 saturated heterocycles. The van der Waals surface area contributed by atoms with Crippen molar-refractivity contribution in [2.75, 3.05) is 48.6 Å². The largest absolute Gasteiger partial charge is 0.493 e. The van der Waals surface area contributed by atoms with E-state index in [0.717, 1.165) is 37.5 Å². The number of esters is 1. The molecule has 0 bridgehead atoms. The van der Waals surface area contributed by atoms with Gasteiger partial charge in [-0.2, -0.15) is 0 Å². The van der Waals surface area contributed by atoms with E-state index in [4.69, 9.17) is 18.9 Å². The van der Waals surface area contributed by atoms with Crippen LogP contribution in [0.2, 0.25) is 0 Å². The van der Waals surface area contributed by atoms with Crippen LogP contribution >= 0.6 is 24.0 Å². The molecule has 9 heteroatoms. The number of guanidine groups is 1. The van der Waals surface area contributed by atoms with E-state index >= 15 is 0 Å². The number of carbonyl (C=O) groups is 1. The van der Waals surface area contributed by atoms with E-state index in [-0.39, 0.29) is 35.9 Å². The topological polar surface area (TPSA) is 81.6 Å². The number of methoxy groups -OCH3 is 4. The molecule has 1 fully saturated rings. The lowest BCUT2D eigenvalue weighted by Crippen LogP contribution is -2.46. The summed E-state index contributed by atoms with van der Waals surface area (Å²) in [6.45, 7) is 2.03. The van der Waals surface area contributed by atoms with Crippen molar-refractivity contribution in [3.05, 3.63) is 17.7 Å². The maximum absolute atomic E-state index is 11.7. The smallest absolute Gasteiger partial charge is 0.308 e. The number of piperidine rings is 1. The highest BCUT2D eigenvalue weighted by molar-refractivity contribution is 14.0. The zero-order chi connectivity index (χ0) is 19.8. The average molecular weight is 507 g/mol. The minimum Gasteiger partial charge on any atom is -0.493 e. The molecule has 0 spiro atoms. The number of ether oxygens (including phenoxy) is 4. The van der Waals surface area contributed by atoms with Crippen LogP contribution in [0.5, 0.6) is 17.2 Å². The number of hydrogen-bond acceptors (Lipinski definition) is 6. The van der Waals surface area contributed by atoms with Crippen molar-refractivity contribution in [3.63, 3.8) is 0 Å². The second-order valence-electron chi connectivity index (χ2n) is 6.18. The fourth-order valence-electron chi connectivity index (χ4n) is 3.30. The van der Waals surface area contributed by atoms with Gasteiger partial charge < -0.3 is 29.2 Å². The summed E-state index contributed by atoms with van der Waals surface area (Å²) >= 11 is 0. The molecular formula is C19H30IN3O5. The number of nitrogens with one attached hydrogen (secondary N) is 1. The Bertz CT molecular complexity index is 676. The van der Waals surface area contributed by atoms with E-state index < -0.39 is 0 Å². The molecule has 0 saturated carbocycles. The average Bonchev–Trinajstić information content (AvgIpc) is 2.73. The molecule has 8 nitrogen and oxygen atoms in total. The Hall–Kier alpha value is -1.91. The van der Waals surface area contributed by atoms with E-state index in [1.54, 1.807) is 28.4 Å². The highest BCUT2D eigenvalue weighted by atomic mass is 127. The molecule has 1 aliphatic heterocycles. The number of carbonyl (C=O) groups excluding carboxylic acids is 1. The van der Waals surface area contributed by atoms with Crippen LogP contribution in [0.3, 0.4) is 0 Å². The number of halogens is 1. The molecule has 0 atom stereocenters. The maximum Gasteiger partial charge on any atom is 0.308 e. The molecule has 0 aliphatic carbocycles. The van der Waals surface area contributed by atoms with Gasteiger partial charge in [-0.05, 0) is 25.0 Å². The minimum absolute atomic E-state index is 0. The molecule has 1 aromatic carbocycles. The first-order valence-electron chi connectivity index (χ1n) is 8.90. The SMILES string of the molecule is CN=C(NCc1ccc(OC)c(OC)c1OC)N1CCC(C(=O)OC)CC1.I. The Labute approximate surface area is 183 Å². The zero-order valence-electron chi connectivity index (χ0n) is 17.1. The molecule has 1 aromatic rings. The van der Waals surface area contributed by atoms with Gasteiger partial charge in [0.05, 0.1) is 34.4 Å². The Morgan fingerprint density at radius 3 is 2.25 bits per heavy atom. The van der Waals surface area contributed by atoms with E-state index in [2.05, 4.69) is 15.2 Å². The molecule has 0 amide bonds. The molecule has 1 N–H and O–H groups in total. The van der Waals surface area contributed by atoms with Crippen molar-refractivity contribution < 1.29 is 23.7 Å². The highest BCUT2D eigenvalue weighted by Crippen LogP contribution is 2.39. The molecule has 0 unspecified atom stereocenters. The van der Waals surface area contributed by atoms with Crippen LogP contribution in [0.1, 0.15) is 18.4 Å². The van der Waals surface area contributed by atoms with E-state index in [9.17, 15) is 4.79 Å². The van der Waals surface area contributed by atoms with E-state index in [1.165, 1.54) is 7.11 Å². The van der Waals surface area contributed by atoms with Crippen LogP contribution in [0, 0.1) is 5.92 Å². The van der Waals surface area contributed by atoms with Gasteiger partial charge in [0.15, 0.2) is 17.5 Å². The first-order valence-corrected chi connectivity index (χ1v) is 8.90. The van der Waals surface area contributed by atoms with Gasteiger partial charge in [0.1, 0.15) is 0 Å². The van der Waals surface area contributed by atoms with Crippen LogP contribution in [-0.2, 0) is 16.1 Å². The number of likely N-dealkylation sites (tertiary alicyclic amines) is 1. The minimum atomic E-state index is -0.132. The van der Waals surface area contributed by atoms with E-state index in [0.29, 0.717) is 23.8 Å². The molecule has 0 radical (unpaired) electrons. The van der Waals surface area contributed by atoms with Crippen LogP contribution in [0.25, 0.3) is 0 Å². The van der Waals surface area contributed by atoms with Crippen LogP contribution in [0.15, 0.2) is 17.1 Å². The van der Waals surface area contributed by atoms with Crippen molar-refractivity contribution in [3.8, 4) is 17.2 Å². The third-order valence-corrected chi connectivity index (χ3v) is 4.76. The van der Waals surface area contributed by atoms with Crippen LogP contribution < -0.4 is 19.5 Å². The summed E-state index contributed by atoms with van der Waals surface area (Å²) < 4.78 is 21.1. The van der Waals surface area contributed by atoms with Gasteiger partial charge in [0.25, 0.3) is 0 Å².